The molecule has 1 aliphatic rings. The molecule has 0 radical (unpaired) electrons. The van der Waals surface area contributed by atoms with Gasteiger partial charge in [0.1, 0.15) is 5.75 Å². The summed E-state index contributed by atoms with van der Waals surface area (Å²) in [6.07, 6.45) is 7.16. The van der Waals surface area contributed by atoms with Crippen LogP contribution in [0.25, 0.3) is 0 Å². The van der Waals surface area contributed by atoms with Crippen molar-refractivity contribution in [1.82, 2.24) is 9.80 Å². The van der Waals surface area contributed by atoms with E-state index in [1.807, 2.05) is 32.2 Å². The van der Waals surface area contributed by atoms with Gasteiger partial charge in [-0.05, 0) is 50.1 Å². The Labute approximate surface area is 134 Å². The van der Waals surface area contributed by atoms with E-state index in [0.717, 1.165) is 12.8 Å². The Kier molecular flexibility index (Phi) is 6.45. The highest BCUT2D eigenvalue weighted by atomic mass is 16.6. The third kappa shape index (κ3) is 3.80. The average Bonchev–Trinajstić information content (AvgIpc) is 2.89. The van der Waals surface area contributed by atoms with Gasteiger partial charge in [-0.25, -0.2) is 4.79 Å². The fourth-order valence-electron chi connectivity index (χ4n) is 2.64. The number of terminal acetylenes is 1. The number of ether oxygens (including phenoxy) is 1. The monoisotopic (exact) mass is 302 g/mol. The number of nitrogens with zero attached hydrogens (tertiary/aromatic N) is 2. The lowest BCUT2D eigenvalue weighted by Crippen LogP contribution is -2.29. The Morgan fingerprint density at radius 1 is 1.45 bits per heavy atom. The third-order valence-corrected chi connectivity index (χ3v) is 4.03. The van der Waals surface area contributed by atoms with Gasteiger partial charge in [0.05, 0.1) is 6.54 Å². The summed E-state index contributed by atoms with van der Waals surface area (Å²) in [4.78, 5) is 15.5. The molecule has 0 bridgehead atoms. The number of aryl methyl sites for hydroxylation is 1. The zero-order chi connectivity index (χ0) is 15.4. The predicted octanol–water partition coefficient (Wildman–Crippen LogP) is 3.33. The minimum Gasteiger partial charge on any atom is -0.410 e. The van der Waals surface area contributed by atoms with Crippen molar-refractivity contribution >= 4 is 6.09 Å². The molecular formula is C18H26N2O2. The van der Waals surface area contributed by atoms with Crippen LogP contribution in [0.2, 0.25) is 0 Å². The number of amides is 1. The fourth-order valence-corrected chi connectivity index (χ4v) is 2.64. The number of rotatable bonds is 4. The quantitative estimate of drug-likeness (QED) is 0.800. The second kappa shape index (κ2) is 7.86. The topological polar surface area (TPSA) is 32.8 Å². The summed E-state index contributed by atoms with van der Waals surface area (Å²) in [5, 5.41) is 0. The van der Waals surface area contributed by atoms with Crippen molar-refractivity contribution in [1.29, 1.82) is 0 Å². The molecule has 0 N–H and O–H groups in total. The maximum absolute atomic E-state index is 11.8. The van der Waals surface area contributed by atoms with Crippen molar-refractivity contribution in [3.8, 4) is 18.1 Å². The minimum atomic E-state index is -0.330. The van der Waals surface area contributed by atoms with Gasteiger partial charge in [-0.15, -0.1) is 6.42 Å². The Hall–Kier alpha value is -1.99. The van der Waals surface area contributed by atoms with Crippen molar-refractivity contribution in [3.05, 3.63) is 29.3 Å². The largest absolute Gasteiger partial charge is 0.414 e. The molecule has 1 atom stereocenters. The summed E-state index contributed by atoms with van der Waals surface area (Å²) >= 11 is 0. The first-order valence-corrected chi connectivity index (χ1v) is 7.26. The molecular weight excluding hydrogens is 276 g/mol. The Bertz CT molecular complexity index is 563. The number of carbonyl (C=O) groups excluding carboxylic acids is 1. The Morgan fingerprint density at radius 2 is 2.18 bits per heavy atom. The normalized spacial score (nSPS) is 15.7. The fraction of sp³-hybridized carbons (Fsp3) is 0.500. The molecule has 0 fully saturated rings. The van der Waals surface area contributed by atoms with Crippen LogP contribution < -0.4 is 4.74 Å². The first-order valence-electron chi connectivity index (χ1n) is 7.26. The molecule has 1 amide bonds. The lowest BCUT2D eigenvalue weighted by Gasteiger charge is -2.23. The van der Waals surface area contributed by atoms with Crippen LogP contribution in [0.3, 0.4) is 0 Å². The standard InChI is InChI=1S/C17H22N2O2.CH4/c1-5-11-19(4)16-10-8-13-7-9-14(12-15(13)16)21-17(20)18(3)6-2;/h1,7,9,12,16H,6,8,10-11H2,2-4H3;1H4. The van der Waals surface area contributed by atoms with Gasteiger partial charge in [0, 0.05) is 19.6 Å². The molecule has 1 aromatic rings. The van der Waals surface area contributed by atoms with Crippen molar-refractivity contribution in [2.75, 3.05) is 27.2 Å². The van der Waals surface area contributed by atoms with E-state index in [1.165, 1.54) is 16.0 Å². The number of fused-ring (bicyclic) bond motifs is 1. The van der Waals surface area contributed by atoms with Gasteiger partial charge in [0.25, 0.3) is 0 Å². The van der Waals surface area contributed by atoms with Gasteiger partial charge >= 0.3 is 6.09 Å². The zero-order valence-electron chi connectivity index (χ0n) is 12.9. The van der Waals surface area contributed by atoms with Crippen LogP contribution in [0.15, 0.2) is 18.2 Å². The van der Waals surface area contributed by atoms with Gasteiger partial charge in [-0.2, -0.15) is 0 Å². The third-order valence-electron chi connectivity index (χ3n) is 4.03. The van der Waals surface area contributed by atoms with Crippen molar-refractivity contribution in [3.63, 3.8) is 0 Å². The maximum Gasteiger partial charge on any atom is 0.414 e. The molecule has 1 unspecified atom stereocenters. The first kappa shape index (κ1) is 18.1. The SMILES string of the molecule is C.C#CCN(C)C1CCc2ccc(OC(=O)N(C)CC)cc21. The summed E-state index contributed by atoms with van der Waals surface area (Å²) in [6, 6.07) is 6.19. The van der Waals surface area contributed by atoms with Crippen LogP contribution in [0.5, 0.6) is 5.75 Å². The van der Waals surface area contributed by atoms with Gasteiger partial charge in [0.15, 0.2) is 0 Å². The van der Waals surface area contributed by atoms with E-state index in [2.05, 4.69) is 10.8 Å². The predicted molar refractivity (Wildman–Crippen MR) is 90.0 cm³/mol. The average molecular weight is 302 g/mol. The van der Waals surface area contributed by atoms with E-state index in [1.54, 1.807) is 7.05 Å². The summed E-state index contributed by atoms with van der Waals surface area (Å²) < 4.78 is 5.41. The van der Waals surface area contributed by atoms with E-state index in [4.69, 9.17) is 11.2 Å². The smallest absolute Gasteiger partial charge is 0.410 e. The molecule has 120 valence electrons. The Morgan fingerprint density at radius 3 is 2.82 bits per heavy atom. The highest BCUT2D eigenvalue weighted by Gasteiger charge is 2.26. The van der Waals surface area contributed by atoms with Gasteiger partial charge in [-0.3, -0.25) is 4.90 Å². The maximum atomic E-state index is 11.8. The second-order valence-corrected chi connectivity index (χ2v) is 5.42. The summed E-state index contributed by atoms with van der Waals surface area (Å²) in [7, 11) is 3.75. The van der Waals surface area contributed by atoms with Crippen LogP contribution in [-0.2, 0) is 6.42 Å². The van der Waals surface area contributed by atoms with Crippen molar-refractivity contribution in [2.24, 2.45) is 0 Å². The molecule has 0 saturated carbocycles. The van der Waals surface area contributed by atoms with Gasteiger partial charge in [0.2, 0.25) is 0 Å². The van der Waals surface area contributed by atoms with Crippen LogP contribution >= 0.6 is 0 Å². The first-order chi connectivity index (χ1) is 10.1. The molecule has 4 heteroatoms. The number of hydrogen-bond donors (Lipinski definition) is 0. The van der Waals surface area contributed by atoms with E-state index in [-0.39, 0.29) is 13.5 Å². The summed E-state index contributed by atoms with van der Waals surface area (Å²) in [5.41, 5.74) is 2.53. The molecule has 0 aromatic heterocycles. The Balaban J connectivity index is 0.00000242. The van der Waals surface area contributed by atoms with E-state index < -0.39 is 0 Å². The molecule has 0 aliphatic heterocycles. The van der Waals surface area contributed by atoms with Gasteiger partial charge in [-0.1, -0.05) is 19.4 Å². The molecule has 1 aliphatic carbocycles. The second-order valence-electron chi connectivity index (χ2n) is 5.42. The molecule has 0 heterocycles. The van der Waals surface area contributed by atoms with Crippen molar-refractivity contribution < 1.29 is 9.53 Å². The molecule has 0 saturated heterocycles. The summed E-state index contributed by atoms with van der Waals surface area (Å²) in [6.45, 7) is 3.15. The van der Waals surface area contributed by atoms with E-state index in [0.29, 0.717) is 24.9 Å². The van der Waals surface area contributed by atoms with Crippen LogP contribution in [-0.4, -0.2) is 43.1 Å². The molecule has 22 heavy (non-hydrogen) atoms. The van der Waals surface area contributed by atoms with Crippen LogP contribution in [0.1, 0.15) is 37.9 Å². The number of benzene rings is 1. The van der Waals surface area contributed by atoms with Crippen LogP contribution in [0, 0.1) is 12.3 Å². The number of carbonyl (C=O) groups is 1. The molecule has 2 rings (SSSR count). The minimum absolute atomic E-state index is 0. The van der Waals surface area contributed by atoms with Gasteiger partial charge < -0.3 is 9.64 Å². The van der Waals surface area contributed by atoms with E-state index >= 15 is 0 Å². The molecule has 4 nitrogen and oxygen atoms in total. The van der Waals surface area contributed by atoms with E-state index in [9.17, 15) is 4.79 Å². The van der Waals surface area contributed by atoms with Crippen LogP contribution in [0.4, 0.5) is 4.79 Å². The lowest BCUT2D eigenvalue weighted by molar-refractivity contribution is 0.165. The number of hydrogen-bond acceptors (Lipinski definition) is 3. The highest BCUT2D eigenvalue weighted by Crippen LogP contribution is 2.37. The summed E-state index contributed by atoms with van der Waals surface area (Å²) in [5.74, 6) is 3.28. The van der Waals surface area contributed by atoms with Crippen molar-refractivity contribution in [2.45, 2.75) is 33.2 Å². The highest BCUT2D eigenvalue weighted by molar-refractivity contribution is 5.70. The lowest BCUT2D eigenvalue weighted by atomic mass is 10.1. The zero-order valence-corrected chi connectivity index (χ0v) is 12.9. The molecule has 1 aromatic carbocycles. The molecule has 0 spiro atoms.